The maximum Gasteiger partial charge on any atom is 0.261 e. The highest BCUT2D eigenvalue weighted by Crippen LogP contribution is 2.42. The first-order chi connectivity index (χ1) is 15.1. The number of likely N-dealkylation sites (N-methyl/N-ethyl adjacent to an activating group) is 1. The average Bonchev–Trinajstić information content (AvgIpc) is 3.04. The molecular weight excluding hydrogens is 420 g/mol. The number of hydrogen-bond donors (Lipinski definition) is 0. The van der Waals surface area contributed by atoms with Gasteiger partial charge in [0, 0.05) is 25.0 Å². The fourth-order valence-electron chi connectivity index (χ4n) is 5.36. The predicted molar refractivity (Wildman–Crippen MR) is 128 cm³/mol. The number of nitrogens with zero attached hydrogens (tertiary/aromatic N) is 2. The van der Waals surface area contributed by atoms with Crippen molar-refractivity contribution in [1.29, 1.82) is 0 Å². The lowest BCUT2D eigenvalue weighted by Gasteiger charge is -2.44. The van der Waals surface area contributed by atoms with Gasteiger partial charge < -0.3 is 4.90 Å². The fraction of sp³-hybridized carbons (Fsp3) is 0.259. The molecule has 164 valence electrons. The van der Waals surface area contributed by atoms with Gasteiger partial charge in [-0.1, -0.05) is 66.7 Å². The van der Waals surface area contributed by atoms with E-state index < -0.39 is 0 Å². The number of carbonyl (C=O) groups excluding carboxylic acids is 2. The highest BCUT2D eigenvalue weighted by atomic mass is 35.5. The molecule has 0 aromatic heterocycles. The van der Waals surface area contributed by atoms with Gasteiger partial charge in [-0.25, -0.2) is 0 Å². The van der Waals surface area contributed by atoms with Crippen molar-refractivity contribution in [2.75, 3.05) is 20.1 Å². The smallest absolute Gasteiger partial charge is 0.261 e. The highest BCUT2D eigenvalue weighted by molar-refractivity contribution is 6.21. The van der Waals surface area contributed by atoms with Crippen LogP contribution in [0, 0.1) is 0 Å². The summed E-state index contributed by atoms with van der Waals surface area (Å²) in [5, 5.41) is 0. The van der Waals surface area contributed by atoms with E-state index in [-0.39, 0.29) is 29.6 Å². The molecule has 0 saturated heterocycles. The Morgan fingerprint density at radius 3 is 2.09 bits per heavy atom. The van der Waals surface area contributed by atoms with Crippen LogP contribution in [0.1, 0.15) is 50.2 Å². The third kappa shape index (κ3) is 3.64. The Balaban J connectivity index is 0.00000245. The summed E-state index contributed by atoms with van der Waals surface area (Å²) in [6, 6.07) is 26.4. The van der Waals surface area contributed by atoms with Crippen molar-refractivity contribution in [2.24, 2.45) is 0 Å². The molecule has 1 atom stereocenters. The second kappa shape index (κ2) is 8.89. The van der Waals surface area contributed by atoms with Gasteiger partial charge >= 0.3 is 0 Å². The molecule has 5 heteroatoms. The molecule has 0 N–H and O–H groups in total. The Hall–Kier alpha value is -2.95. The summed E-state index contributed by atoms with van der Waals surface area (Å²) in [4.78, 5) is 29.4. The highest BCUT2D eigenvalue weighted by Gasteiger charge is 2.41. The average molecular weight is 447 g/mol. The Morgan fingerprint density at radius 1 is 0.812 bits per heavy atom. The second-order valence-electron chi connectivity index (χ2n) is 8.69. The normalized spacial score (nSPS) is 20.0. The summed E-state index contributed by atoms with van der Waals surface area (Å²) in [5.41, 5.74) is 4.88. The first-order valence-corrected chi connectivity index (χ1v) is 10.9. The summed E-state index contributed by atoms with van der Waals surface area (Å²) >= 11 is 0. The maximum atomic E-state index is 12.8. The van der Waals surface area contributed by atoms with Gasteiger partial charge in [0.25, 0.3) is 11.8 Å². The van der Waals surface area contributed by atoms with Gasteiger partial charge in [0.15, 0.2) is 0 Å². The van der Waals surface area contributed by atoms with Gasteiger partial charge in [-0.2, -0.15) is 0 Å². The molecule has 0 radical (unpaired) electrons. The maximum absolute atomic E-state index is 12.8. The molecule has 3 aromatic carbocycles. The van der Waals surface area contributed by atoms with Crippen LogP contribution in [0.25, 0.3) is 0 Å². The molecule has 5 rings (SSSR count). The quantitative estimate of drug-likeness (QED) is 0.522. The molecule has 0 saturated carbocycles. The zero-order chi connectivity index (χ0) is 21.4. The molecule has 32 heavy (non-hydrogen) atoms. The number of hydrogen-bond acceptors (Lipinski definition) is 3. The number of carbonyl (C=O) groups is 2. The minimum atomic E-state index is -0.171. The molecule has 2 aliphatic heterocycles. The first kappa shape index (κ1) is 22.3. The van der Waals surface area contributed by atoms with E-state index in [1.165, 1.54) is 21.6 Å². The van der Waals surface area contributed by atoms with Crippen LogP contribution in [0.3, 0.4) is 0 Å². The second-order valence-corrected chi connectivity index (χ2v) is 8.69. The number of rotatable bonds is 5. The molecule has 2 amide bonds. The van der Waals surface area contributed by atoms with Crippen LogP contribution in [-0.2, 0) is 12.0 Å². The van der Waals surface area contributed by atoms with Gasteiger partial charge in [0.05, 0.1) is 11.1 Å². The van der Waals surface area contributed by atoms with E-state index >= 15 is 0 Å². The van der Waals surface area contributed by atoms with Gasteiger partial charge in [-0.05, 0) is 48.7 Å². The van der Waals surface area contributed by atoms with E-state index in [9.17, 15) is 9.59 Å². The van der Waals surface area contributed by atoms with E-state index in [2.05, 4.69) is 66.5 Å². The SMILES string of the molecule is CN1Cc2ccccc2C(CCCN2C(=O)c3ccccc3C2=O)(c2ccccc2)C1.Cl. The van der Waals surface area contributed by atoms with Gasteiger partial charge in [0.2, 0.25) is 0 Å². The largest absolute Gasteiger partial charge is 0.301 e. The van der Waals surface area contributed by atoms with Crippen LogP contribution >= 0.6 is 12.4 Å². The Bertz CT molecular complexity index is 1110. The number of amides is 2. The summed E-state index contributed by atoms with van der Waals surface area (Å²) in [5.74, 6) is -0.342. The topological polar surface area (TPSA) is 40.6 Å². The summed E-state index contributed by atoms with van der Waals surface area (Å²) in [6.45, 7) is 2.28. The number of halogens is 1. The molecule has 3 aromatic rings. The van der Waals surface area contributed by atoms with Crippen LogP contribution in [-0.4, -0.2) is 41.8 Å². The van der Waals surface area contributed by atoms with Crippen molar-refractivity contribution in [3.8, 4) is 0 Å². The van der Waals surface area contributed by atoms with E-state index in [1.54, 1.807) is 12.1 Å². The summed E-state index contributed by atoms with van der Waals surface area (Å²) in [7, 11) is 2.16. The van der Waals surface area contributed by atoms with Gasteiger partial charge in [0.1, 0.15) is 0 Å². The first-order valence-electron chi connectivity index (χ1n) is 10.9. The van der Waals surface area contributed by atoms with Gasteiger partial charge in [-0.3, -0.25) is 14.5 Å². The van der Waals surface area contributed by atoms with Crippen LogP contribution in [0.4, 0.5) is 0 Å². The van der Waals surface area contributed by atoms with Crippen molar-refractivity contribution in [1.82, 2.24) is 9.80 Å². The van der Waals surface area contributed by atoms with Crippen molar-refractivity contribution in [2.45, 2.75) is 24.8 Å². The van der Waals surface area contributed by atoms with Crippen LogP contribution in [0.2, 0.25) is 0 Å². The van der Waals surface area contributed by atoms with Crippen molar-refractivity contribution < 1.29 is 9.59 Å². The van der Waals surface area contributed by atoms with E-state index in [4.69, 9.17) is 0 Å². The van der Waals surface area contributed by atoms with Crippen LogP contribution in [0.15, 0.2) is 78.9 Å². The minimum Gasteiger partial charge on any atom is -0.301 e. The van der Waals surface area contributed by atoms with E-state index in [0.717, 1.165) is 25.9 Å². The summed E-state index contributed by atoms with van der Waals surface area (Å²) in [6.07, 6.45) is 1.62. The lowest BCUT2D eigenvalue weighted by molar-refractivity contribution is 0.0647. The Kier molecular flexibility index (Phi) is 6.18. The number of imide groups is 1. The zero-order valence-corrected chi connectivity index (χ0v) is 19.0. The van der Waals surface area contributed by atoms with Crippen molar-refractivity contribution in [3.05, 3.63) is 107 Å². The van der Waals surface area contributed by atoms with Gasteiger partial charge in [-0.15, -0.1) is 12.4 Å². The van der Waals surface area contributed by atoms with E-state index in [0.29, 0.717) is 17.7 Å². The molecule has 0 fully saturated rings. The monoisotopic (exact) mass is 446 g/mol. The molecule has 0 aliphatic carbocycles. The molecule has 0 spiro atoms. The number of fused-ring (bicyclic) bond motifs is 2. The molecule has 2 aliphatic rings. The Labute approximate surface area is 195 Å². The minimum absolute atomic E-state index is 0. The molecule has 0 bridgehead atoms. The summed E-state index contributed by atoms with van der Waals surface area (Å²) < 4.78 is 0. The predicted octanol–water partition coefficient (Wildman–Crippen LogP) is 4.92. The fourth-order valence-corrected chi connectivity index (χ4v) is 5.36. The zero-order valence-electron chi connectivity index (χ0n) is 18.2. The number of benzene rings is 3. The standard InChI is InChI=1S/C27H26N2O2.ClH/c1-28-18-20-10-5-8-15-24(20)27(19-28,21-11-3-2-4-12-21)16-9-17-29-25(30)22-13-6-7-14-23(22)26(29)31;/h2-8,10-15H,9,16-19H2,1H3;1H. The van der Waals surface area contributed by atoms with E-state index in [1.807, 2.05) is 12.1 Å². The van der Waals surface area contributed by atoms with Crippen LogP contribution < -0.4 is 0 Å². The lowest BCUT2D eigenvalue weighted by Crippen LogP contribution is -2.45. The molecule has 4 nitrogen and oxygen atoms in total. The molecule has 2 heterocycles. The lowest BCUT2D eigenvalue weighted by atomic mass is 9.67. The third-order valence-corrected chi connectivity index (χ3v) is 6.70. The van der Waals surface area contributed by atoms with Crippen molar-refractivity contribution >= 4 is 24.2 Å². The molecule has 1 unspecified atom stereocenters. The van der Waals surface area contributed by atoms with Crippen molar-refractivity contribution in [3.63, 3.8) is 0 Å². The third-order valence-electron chi connectivity index (χ3n) is 6.70. The molecular formula is C27H27ClN2O2. The Morgan fingerprint density at radius 2 is 1.41 bits per heavy atom. The van der Waals surface area contributed by atoms with Crippen LogP contribution in [0.5, 0.6) is 0 Å².